The maximum atomic E-state index is 11.7. The van der Waals surface area contributed by atoms with Crippen molar-refractivity contribution in [2.45, 2.75) is 12.6 Å². The third kappa shape index (κ3) is 1.12. The lowest BCUT2D eigenvalue weighted by atomic mass is 10.5. The zero-order chi connectivity index (χ0) is 9.54. The summed E-state index contributed by atoms with van der Waals surface area (Å²) in [4.78, 5) is 15.6. The van der Waals surface area contributed by atoms with Gasteiger partial charge in [-0.05, 0) is 0 Å². The van der Waals surface area contributed by atoms with Crippen LogP contribution < -0.4 is 5.69 Å². The van der Waals surface area contributed by atoms with Crippen LogP contribution in [0.2, 0.25) is 0 Å². The molecular weight excluding hydrogens is 184 g/mol. The van der Waals surface area contributed by atoms with Crippen molar-refractivity contribution in [2.75, 3.05) is 6.61 Å². The molecule has 72 valence electrons. The zero-order valence-electron chi connectivity index (χ0n) is 7.33. The lowest BCUT2D eigenvalue weighted by Crippen LogP contribution is -2.23. The van der Waals surface area contributed by atoms with Crippen LogP contribution in [-0.2, 0) is 11.3 Å². The van der Waals surface area contributed by atoms with Gasteiger partial charge >= 0.3 is 5.69 Å². The summed E-state index contributed by atoms with van der Waals surface area (Å²) >= 11 is 0. The van der Waals surface area contributed by atoms with Gasteiger partial charge in [-0.15, -0.1) is 5.10 Å². The summed E-state index contributed by atoms with van der Waals surface area (Å²) in [6.45, 7) is 1.25. The number of fused-ring (bicyclic) bond motifs is 1. The second-order valence-corrected chi connectivity index (χ2v) is 3.22. The van der Waals surface area contributed by atoms with Gasteiger partial charge in [-0.3, -0.25) is 4.98 Å². The van der Waals surface area contributed by atoms with Crippen molar-refractivity contribution in [3.63, 3.8) is 0 Å². The number of nitrogens with zero attached hydrogens (tertiary/aromatic N) is 4. The predicted octanol–water partition coefficient (Wildman–Crippen LogP) is -0.710. The van der Waals surface area contributed by atoms with Crippen LogP contribution in [0, 0.1) is 0 Å². The van der Waals surface area contributed by atoms with Gasteiger partial charge in [0.1, 0.15) is 6.10 Å². The van der Waals surface area contributed by atoms with E-state index in [1.165, 1.54) is 9.08 Å². The van der Waals surface area contributed by atoms with Gasteiger partial charge < -0.3 is 4.74 Å². The fraction of sp³-hybridized carbons (Fsp3) is 0.375. The van der Waals surface area contributed by atoms with E-state index in [1.54, 1.807) is 18.6 Å². The van der Waals surface area contributed by atoms with Crippen molar-refractivity contribution in [3.05, 3.63) is 29.1 Å². The largest absolute Gasteiger partial charge is 0.371 e. The first kappa shape index (κ1) is 7.69. The smallest absolute Gasteiger partial charge is 0.350 e. The van der Waals surface area contributed by atoms with E-state index in [2.05, 4.69) is 10.1 Å². The normalized spacial score (nSPS) is 20.1. The molecule has 1 fully saturated rings. The summed E-state index contributed by atoms with van der Waals surface area (Å²) in [5.74, 6) is 0. The van der Waals surface area contributed by atoms with Gasteiger partial charge in [-0.25, -0.2) is 13.9 Å². The Kier molecular flexibility index (Phi) is 1.45. The lowest BCUT2D eigenvalue weighted by Gasteiger charge is -1.91. The van der Waals surface area contributed by atoms with E-state index < -0.39 is 0 Å². The third-order valence-electron chi connectivity index (χ3n) is 2.17. The van der Waals surface area contributed by atoms with E-state index in [1.807, 2.05) is 0 Å². The summed E-state index contributed by atoms with van der Waals surface area (Å²) in [6.07, 6.45) is 4.89. The molecule has 1 unspecified atom stereocenters. The first-order valence-electron chi connectivity index (χ1n) is 4.35. The van der Waals surface area contributed by atoms with E-state index in [4.69, 9.17) is 4.74 Å². The van der Waals surface area contributed by atoms with Gasteiger partial charge in [0.2, 0.25) is 0 Å². The number of ether oxygens (including phenoxy) is 1. The van der Waals surface area contributed by atoms with E-state index in [-0.39, 0.29) is 11.8 Å². The molecular formula is C8H8N4O2. The van der Waals surface area contributed by atoms with Gasteiger partial charge in [-0.2, -0.15) is 0 Å². The van der Waals surface area contributed by atoms with Crippen LogP contribution in [0.3, 0.4) is 0 Å². The second kappa shape index (κ2) is 2.65. The standard InChI is InChI=1S/C8H8N4O2/c13-8-11-2-1-9-3-7(11)10-12(8)4-6-5-14-6/h1-3,6H,4-5H2. The van der Waals surface area contributed by atoms with Crippen molar-refractivity contribution in [1.82, 2.24) is 19.2 Å². The maximum absolute atomic E-state index is 11.7. The van der Waals surface area contributed by atoms with Crippen molar-refractivity contribution < 1.29 is 4.74 Å². The summed E-state index contributed by atoms with van der Waals surface area (Å²) < 4.78 is 7.92. The molecule has 1 atom stereocenters. The molecule has 0 amide bonds. The summed E-state index contributed by atoms with van der Waals surface area (Å²) in [5.41, 5.74) is 0.427. The first-order valence-corrected chi connectivity index (χ1v) is 4.35. The Morgan fingerprint density at radius 2 is 2.50 bits per heavy atom. The number of rotatable bonds is 2. The minimum Gasteiger partial charge on any atom is -0.371 e. The van der Waals surface area contributed by atoms with Gasteiger partial charge in [0.05, 0.1) is 19.3 Å². The molecule has 6 nitrogen and oxygen atoms in total. The summed E-state index contributed by atoms with van der Waals surface area (Å²) in [5, 5.41) is 4.12. The SMILES string of the molecule is O=c1n(CC2CO2)nc2cnccn12. The second-order valence-electron chi connectivity index (χ2n) is 3.22. The quantitative estimate of drug-likeness (QED) is 0.589. The van der Waals surface area contributed by atoms with Gasteiger partial charge in [0.25, 0.3) is 0 Å². The van der Waals surface area contributed by atoms with Crippen molar-refractivity contribution >= 4 is 5.65 Å². The fourth-order valence-electron chi connectivity index (χ4n) is 1.37. The zero-order valence-corrected chi connectivity index (χ0v) is 7.33. The van der Waals surface area contributed by atoms with Crippen LogP contribution in [0.4, 0.5) is 0 Å². The highest BCUT2D eigenvalue weighted by Crippen LogP contribution is 2.09. The minimum absolute atomic E-state index is 0.141. The van der Waals surface area contributed by atoms with Crippen molar-refractivity contribution in [3.8, 4) is 0 Å². The highest BCUT2D eigenvalue weighted by atomic mass is 16.6. The van der Waals surface area contributed by atoms with Gasteiger partial charge in [0, 0.05) is 12.4 Å². The molecule has 0 aromatic carbocycles. The predicted molar refractivity (Wildman–Crippen MR) is 47.0 cm³/mol. The Bertz CT molecular complexity index is 525. The molecule has 0 aliphatic carbocycles. The van der Waals surface area contributed by atoms with Crippen LogP contribution in [0.15, 0.2) is 23.4 Å². The van der Waals surface area contributed by atoms with Gasteiger partial charge in [0.15, 0.2) is 5.65 Å². The Morgan fingerprint density at radius 1 is 1.64 bits per heavy atom. The average Bonchev–Trinajstić information content (AvgIpc) is 2.95. The summed E-state index contributed by atoms with van der Waals surface area (Å²) in [7, 11) is 0. The first-order chi connectivity index (χ1) is 6.84. The average molecular weight is 192 g/mol. The number of hydrogen-bond donors (Lipinski definition) is 0. The van der Waals surface area contributed by atoms with Crippen LogP contribution in [0.25, 0.3) is 5.65 Å². The minimum atomic E-state index is -0.141. The Morgan fingerprint density at radius 3 is 3.21 bits per heavy atom. The lowest BCUT2D eigenvalue weighted by molar-refractivity contribution is 0.370. The molecule has 3 rings (SSSR count). The van der Waals surface area contributed by atoms with Crippen LogP contribution in [-0.4, -0.2) is 31.9 Å². The molecule has 1 aliphatic heterocycles. The molecule has 0 spiro atoms. The molecule has 3 heterocycles. The Hall–Kier alpha value is -1.69. The molecule has 2 aromatic heterocycles. The van der Waals surface area contributed by atoms with E-state index in [9.17, 15) is 4.79 Å². The number of hydrogen-bond acceptors (Lipinski definition) is 4. The molecule has 0 radical (unpaired) electrons. The van der Waals surface area contributed by atoms with Gasteiger partial charge in [-0.1, -0.05) is 0 Å². The summed E-state index contributed by atoms with van der Waals surface area (Å²) in [6, 6.07) is 0. The molecule has 2 aromatic rings. The highest BCUT2D eigenvalue weighted by Gasteiger charge is 2.24. The molecule has 0 N–H and O–H groups in total. The molecule has 14 heavy (non-hydrogen) atoms. The van der Waals surface area contributed by atoms with Crippen LogP contribution in [0.1, 0.15) is 0 Å². The number of epoxide rings is 1. The van der Waals surface area contributed by atoms with E-state index in [0.717, 1.165) is 6.61 Å². The van der Waals surface area contributed by atoms with E-state index >= 15 is 0 Å². The van der Waals surface area contributed by atoms with E-state index in [0.29, 0.717) is 12.2 Å². The molecule has 6 heteroatoms. The molecule has 0 bridgehead atoms. The van der Waals surface area contributed by atoms with Crippen LogP contribution >= 0.6 is 0 Å². The number of aromatic nitrogens is 4. The topological polar surface area (TPSA) is 64.7 Å². The van der Waals surface area contributed by atoms with Crippen molar-refractivity contribution in [1.29, 1.82) is 0 Å². The van der Waals surface area contributed by atoms with Crippen molar-refractivity contribution in [2.24, 2.45) is 0 Å². The maximum Gasteiger partial charge on any atom is 0.350 e. The molecule has 1 aliphatic rings. The third-order valence-corrected chi connectivity index (χ3v) is 2.17. The fourth-order valence-corrected chi connectivity index (χ4v) is 1.37. The molecule has 0 saturated carbocycles. The van der Waals surface area contributed by atoms with Crippen LogP contribution in [0.5, 0.6) is 0 Å². The Balaban J connectivity index is 2.14. The Labute approximate surface area is 78.8 Å². The highest BCUT2D eigenvalue weighted by molar-refractivity contribution is 5.31. The molecule has 1 saturated heterocycles. The monoisotopic (exact) mass is 192 g/mol.